The number of amides is 1. The van der Waals surface area contributed by atoms with Crippen molar-refractivity contribution in [1.29, 1.82) is 0 Å². The third-order valence-corrected chi connectivity index (χ3v) is 7.53. The van der Waals surface area contributed by atoms with Gasteiger partial charge in [-0.3, -0.25) is 14.5 Å². The predicted molar refractivity (Wildman–Crippen MR) is 120 cm³/mol. The molecule has 0 atom stereocenters. The molecule has 1 fully saturated rings. The molecule has 2 aliphatic rings. The second-order valence-electron chi connectivity index (χ2n) is 8.55. The van der Waals surface area contributed by atoms with Crippen LogP contribution in [0.3, 0.4) is 0 Å². The van der Waals surface area contributed by atoms with Crippen LogP contribution in [0.4, 0.5) is 13.2 Å². The third kappa shape index (κ3) is 4.41. The van der Waals surface area contributed by atoms with Crippen molar-refractivity contribution in [2.75, 3.05) is 26.2 Å². The third-order valence-electron chi connectivity index (χ3n) is 6.34. The van der Waals surface area contributed by atoms with Crippen molar-refractivity contribution in [3.63, 3.8) is 0 Å². The number of thiophene rings is 1. The van der Waals surface area contributed by atoms with Gasteiger partial charge in [0.05, 0.1) is 17.5 Å². The van der Waals surface area contributed by atoms with E-state index in [1.807, 2.05) is 0 Å². The van der Waals surface area contributed by atoms with Crippen LogP contribution >= 0.6 is 11.3 Å². The molecule has 174 valence electrons. The van der Waals surface area contributed by atoms with Crippen LogP contribution in [0, 0.1) is 0 Å². The molecule has 0 radical (unpaired) electrons. The molecule has 1 amide bonds. The lowest BCUT2D eigenvalue weighted by Crippen LogP contribution is -2.48. The molecule has 3 aromatic rings. The average Bonchev–Trinajstić information content (AvgIpc) is 3.17. The molecule has 1 saturated heterocycles. The fraction of sp³-hybridized carbons (Fsp3) is 0.435. The minimum absolute atomic E-state index is 0.0383. The van der Waals surface area contributed by atoms with Gasteiger partial charge in [-0.2, -0.15) is 13.2 Å². The van der Waals surface area contributed by atoms with Gasteiger partial charge in [0, 0.05) is 36.6 Å². The molecule has 1 aliphatic heterocycles. The summed E-state index contributed by atoms with van der Waals surface area (Å²) in [6, 6.07) is 4.53. The number of fused-ring (bicyclic) bond motifs is 3. The Kier molecular flexibility index (Phi) is 5.74. The van der Waals surface area contributed by atoms with Crippen LogP contribution in [0.25, 0.3) is 10.2 Å². The van der Waals surface area contributed by atoms with Gasteiger partial charge in [0.15, 0.2) is 0 Å². The van der Waals surface area contributed by atoms with E-state index in [0.717, 1.165) is 53.6 Å². The highest BCUT2D eigenvalue weighted by molar-refractivity contribution is 7.18. The molecular formula is C23H23F3N4O2S. The molecule has 0 unspecified atom stereocenters. The first kappa shape index (κ1) is 22.1. The van der Waals surface area contributed by atoms with Crippen molar-refractivity contribution in [3.8, 4) is 0 Å². The molecule has 1 N–H and O–H groups in total. The number of hydrogen-bond acceptors (Lipinski definition) is 5. The van der Waals surface area contributed by atoms with Crippen LogP contribution < -0.4 is 5.56 Å². The lowest BCUT2D eigenvalue weighted by molar-refractivity contribution is -0.137. The zero-order valence-electron chi connectivity index (χ0n) is 17.9. The molecule has 0 saturated carbocycles. The number of nitrogens with one attached hydrogen (secondary N) is 1. The Hall–Kier alpha value is -2.72. The Labute approximate surface area is 192 Å². The number of benzene rings is 1. The van der Waals surface area contributed by atoms with Crippen molar-refractivity contribution in [2.24, 2.45) is 0 Å². The molecular weight excluding hydrogens is 453 g/mol. The SMILES string of the molecule is O=C(c1cccc(C(F)(F)F)c1)N1CCN(Cc2nc3sc4c(c3c(=O)[nH]2)CCCC4)CC1. The van der Waals surface area contributed by atoms with E-state index in [2.05, 4.69) is 9.88 Å². The van der Waals surface area contributed by atoms with E-state index >= 15 is 0 Å². The average molecular weight is 477 g/mol. The molecule has 1 aromatic carbocycles. The van der Waals surface area contributed by atoms with Gasteiger partial charge >= 0.3 is 6.18 Å². The van der Waals surface area contributed by atoms with Crippen molar-refractivity contribution in [1.82, 2.24) is 19.8 Å². The molecule has 0 bridgehead atoms. The Morgan fingerprint density at radius 1 is 1.12 bits per heavy atom. The van der Waals surface area contributed by atoms with Crippen LogP contribution in [0.2, 0.25) is 0 Å². The molecule has 5 rings (SSSR count). The van der Waals surface area contributed by atoms with Crippen molar-refractivity contribution in [2.45, 2.75) is 38.4 Å². The Bertz CT molecular complexity index is 1260. The number of aromatic amines is 1. The molecule has 10 heteroatoms. The highest BCUT2D eigenvalue weighted by atomic mass is 32.1. The normalized spacial score (nSPS) is 17.4. The fourth-order valence-corrected chi connectivity index (χ4v) is 5.90. The number of halogens is 3. The first-order chi connectivity index (χ1) is 15.8. The number of carbonyl (C=O) groups is 1. The highest BCUT2D eigenvalue weighted by Crippen LogP contribution is 2.33. The van der Waals surface area contributed by atoms with Crippen molar-refractivity contribution in [3.05, 3.63) is 62.0 Å². The second kappa shape index (κ2) is 8.57. The van der Waals surface area contributed by atoms with Gasteiger partial charge < -0.3 is 9.88 Å². The van der Waals surface area contributed by atoms with E-state index in [4.69, 9.17) is 4.98 Å². The quantitative estimate of drug-likeness (QED) is 0.624. The second-order valence-corrected chi connectivity index (χ2v) is 9.63. The summed E-state index contributed by atoms with van der Waals surface area (Å²) in [7, 11) is 0. The fourth-order valence-electron chi connectivity index (χ4n) is 4.62. The van der Waals surface area contributed by atoms with Crippen LogP contribution in [-0.2, 0) is 25.6 Å². The van der Waals surface area contributed by atoms with Crippen molar-refractivity contribution < 1.29 is 18.0 Å². The van der Waals surface area contributed by atoms with Gasteiger partial charge in [0.25, 0.3) is 11.5 Å². The van der Waals surface area contributed by atoms with Crippen LogP contribution in [0.15, 0.2) is 29.1 Å². The summed E-state index contributed by atoms with van der Waals surface area (Å²) >= 11 is 1.61. The summed E-state index contributed by atoms with van der Waals surface area (Å²) in [5.41, 5.74) is 0.278. The summed E-state index contributed by atoms with van der Waals surface area (Å²) in [4.78, 5) is 38.8. The van der Waals surface area contributed by atoms with E-state index in [0.29, 0.717) is 38.5 Å². The smallest absolute Gasteiger partial charge is 0.336 e. The molecule has 0 spiro atoms. The first-order valence-electron chi connectivity index (χ1n) is 11.0. The Morgan fingerprint density at radius 3 is 2.64 bits per heavy atom. The summed E-state index contributed by atoms with van der Waals surface area (Å²) < 4.78 is 38.9. The van der Waals surface area contributed by atoms with Gasteiger partial charge in [-0.15, -0.1) is 11.3 Å². The van der Waals surface area contributed by atoms with Gasteiger partial charge in [0.1, 0.15) is 10.7 Å². The standard InChI is InChI=1S/C23H23F3N4O2S/c24-23(25,26)15-5-3-4-14(12-15)22(32)30-10-8-29(9-11-30)13-18-27-20(31)19-16-6-1-2-7-17(16)33-21(19)28-18/h3-5,12H,1-2,6-11,13H2,(H,27,28,31). The van der Waals surface area contributed by atoms with Crippen LogP contribution in [0.5, 0.6) is 0 Å². The van der Waals surface area contributed by atoms with E-state index in [-0.39, 0.29) is 11.1 Å². The maximum atomic E-state index is 13.0. The number of rotatable bonds is 3. The summed E-state index contributed by atoms with van der Waals surface area (Å²) in [5.74, 6) is 0.196. The number of H-pyrrole nitrogens is 1. The van der Waals surface area contributed by atoms with E-state index < -0.39 is 17.6 Å². The minimum Gasteiger partial charge on any atom is -0.336 e. The summed E-state index contributed by atoms with van der Waals surface area (Å²) in [6.45, 7) is 2.35. The number of aryl methyl sites for hydroxylation is 2. The van der Waals surface area contributed by atoms with Gasteiger partial charge in [0.2, 0.25) is 0 Å². The van der Waals surface area contributed by atoms with Gasteiger partial charge in [-0.25, -0.2) is 4.98 Å². The maximum Gasteiger partial charge on any atom is 0.416 e. The number of carbonyl (C=O) groups excluding carboxylic acids is 1. The van der Waals surface area contributed by atoms with Crippen molar-refractivity contribution >= 4 is 27.5 Å². The lowest BCUT2D eigenvalue weighted by Gasteiger charge is -2.34. The lowest BCUT2D eigenvalue weighted by atomic mass is 9.97. The van der Waals surface area contributed by atoms with Gasteiger partial charge in [-0.05, 0) is 49.4 Å². The summed E-state index contributed by atoms with van der Waals surface area (Å²) in [5, 5.41) is 0.731. The predicted octanol–water partition coefficient (Wildman–Crippen LogP) is 3.84. The molecule has 3 heterocycles. The number of piperazine rings is 1. The monoisotopic (exact) mass is 476 g/mol. The Morgan fingerprint density at radius 2 is 1.88 bits per heavy atom. The maximum absolute atomic E-state index is 13.0. The van der Waals surface area contributed by atoms with E-state index in [1.165, 1.54) is 17.0 Å². The van der Waals surface area contributed by atoms with Crippen LogP contribution in [0.1, 0.15) is 45.0 Å². The number of alkyl halides is 3. The molecule has 33 heavy (non-hydrogen) atoms. The highest BCUT2D eigenvalue weighted by Gasteiger charge is 2.32. The zero-order valence-corrected chi connectivity index (χ0v) is 18.7. The molecule has 6 nitrogen and oxygen atoms in total. The zero-order chi connectivity index (χ0) is 23.2. The van der Waals surface area contributed by atoms with E-state index in [9.17, 15) is 22.8 Å². The minimum atomic E-state index is -4.48. The van der Waals surface area contributed by atoms with Crippen LogP contribution in [-0.4, -0.2) is 51.9 Å². The molecule has 1 aliphatic carbocycles. The molecule has 2 aromatic heterocycles. The van der Waals surface area contributed by atoms with E-state index in [1.54, 1.807) is 16.2 Å². The number of aromatic nitrogens is 2. The van der Waals surface area contributed by atoms with Gasteiger partial charge in [-0.1, -0.05) is 6.07 Å². The summed E-state index contributed by atoms with van der Waals surface area (Å²) in [6.07, 6.45) is -0.298. The Balaban J connectivity index is 1.25. The number of hydrogen-bond donors (Lipinski definition) is 1. The number of nitrogens with zero attached hydrogens (tertiary/aromatic N) is 3. The first-order valence-corrected chi connectivity index (χ1v) is 11.8. The largest absolute Gasteiger partial charge is 0.416 e. The topological polar surface area (TPSA) is 69.3 Å².